The first-order valence-corrected chi connectivity index (χ1v) is 11.5. The molecule has 2 amide bonds. The SMILES string of the molecule is C#CCOc1c(/C=N\NC(=O)C[C@@H](NC(=O)c2ccccc2)c2ccccc2)cc(Br)cc1OC. The molecule has 178 valence electrons. The van der Waals surface area contributed by atoms with E-state index in [1.54, 1.807) is 36.4 Å². The molecule has 0 spiro atoms. The highest BCUT2D eigenvalue weighted by Crippen LogP contribution is 2.34. The van der Waals surface area contributed by atoms with Crippen LogP contribution in [0, 0.1) is 12.3 Å². The lowest BCUT2D eigenvalue weighted by atomic mass is 10.0. The molecule has 0 aromatic heterocycles. The zero-order chi connectivity index (χ0) is 25.0. The van der Waals surface area contributed by atoms with Crippen LogP contribution in [-0.4, -0.2) is 31.7 Å². The topological polar surface area (TPSA) is 89.0 Å². The Labute approximate surface area is 212 Å². The van der Waals surface area contributed by atoms with E-state index < -0.39 is 6.04 Å². The smallest absolute Gasteiger partial charge is 0.251 e. The Hall–Kier alpha value is -4.09. The van der Waals surface area contributed by atoms with Gasteiger partial charge in [-0.05, 0) is 29.8 Å². The van der Waals surface area contributed by atoms with Crippen LogP contribution in [0.2, 0.25) is 0 Å². The van der Waals surface area contributed by atoms with Crippen molar-refractivity contribution in [3.05, 3.63) is 94.0 Å². The standard InChI is InChI=1S/C27H24BrN3O4/c1-3-14-35-26-21(15-22(28)16-24(26)34-2)18-29-31-25(32)17-23(19-10-6-4-7-11-19)30-27(33)20-12-8-5-9-13-20/h1,4-13,15-16,18,23H,14,17H2,2H3,(H,30,33)(H,31,32)/b29-18-/t23-/m1/s1. The molecule has 35 heavy (non-hydrogen) atoms. The van der Waals surface area contributed by atoms with E-state index in [-0.39, 0.29) is 24.8 Å². The minimum atomic E-state index is -0.542. The molecule has 0 saturated carbocycles. The first-order chi connectivity index (χ1) is 17.0. The number of benzene rings is 3. The summed E-state index contributed by atoms with van der Waals surface area (Å²) in [6, 6.07) is 21.1. The molecule has 0 bridgehead atoms. The second-order valence-corrected chi connectivity index (χ2v) is 8.23. The van der Waals surface area contributed by atoms with Gasteiger partial charge in [-0.3, -0.25) is 9.59 Å². The zero-order valence-electron chi connectivity index (χ0n) is 19.0. The molecule has 8 heteroatoms. The summed E-state index contributed by atoms with van der Waals surface area (Å²) in [7, 11) is 1.51. The third kappa shape index (κ3) is 7.45. The molecule has 3 aromatic carbocycles. The van der Waals surface area contributed by atoms with Crippen molar-refractivity contribution in [2.24, 2.45) is 5.10 Å². The number of carbonyl (C=O) groups is 2. The number of amides is 2. The molecule has 0 aliphatic heterocycles. The Morgan fingerprint density at radius 2 is 1.80 bits per heavy atom. The number of halogens is 1. The van der Waals surface area contributed by atoms with Crippen LogP contribution in [0.25, 0.3) is 0 Å². The summed E-state index contributed by atoms with van der Waals surface area (Å²) in [5, 5.41) is 7.00. The van der Waals surface area contributed by atoms with Crippen molar-refractivity contribution >= 4 is 34.0 Å². The second kappa shape index (κ2) is 13.0. The van der Waals surface area contributed by atoms with Crippen molar-refractivity contribution in [2.75, 3.05) is 13.7 Å². The lowest BCUT2D eigenvalue weighted by Gasteiger charge is -2.18. The normalized spacial score (nSPS) is 11.3. The fourth-order valence-electron chi connectivity index (χ4n) is 3.28. The van der Waals surface area contributed by atoms with Gasteiger partial charge >= 0.3 is 0 Å². The van der Waals surface area contributed by atoms with Crippen LogP contribution >= 0.6 is 15.9 Å². The third-order valence-electron chi connectivity index (χ3n) is 4.89. The molecule has 0 aliphatic carbocycles. The molecule has 0 unspecified atom stereocenters. The first-order valence-electron chi connectivity index (χ1n) is 10.7. The number of nitrogens with one attached hydrogen (secondary N) is 2. The number of terminal acetylenes is 1. The summed E-state index contributed by atoms with van der Waals surface area (Å²) in [4.78, 5) is 25.4. The Bertz CT molecular complexity index is 1220. The van der Waals surface area contributed by atoms with Crippen LogP contribution in [0.1, 0.15) is 33.9 Å². The van der Waals surface area contributed by atoms with E-state index in [2.05, 4.69) is 37.7 Å². The van der Waals surface area contributed by atoms with Gasteiger partial charge in [-0.15, -0.1) is 6.42 Å². The van der Waals surface area contributed by atoms with Gasteiger partial charge in [-0.25, -0.2) is 5.43 Å². The lowest BCUT2D eigenvalue weighted by Crippen LogP contribution is -2.32. The molecule has 0 radical (unpaired) electrons. The summed E-state index contributed by atoms with van der Waals surface area (Å²) in [5.41, 5.74) is 4.38. The van der Waals surface area contributed by atoms with Gasteiger partial charge in [0.15, 0.2) is 11.5 Å². The average molecular weight is 534 g/mol. The van der Waals surface area contributed by atoms with Gasteiger partial charge in [-0.1, -0.05) is 70.4 Å². The van der Waals surface area contributed by atoms with Crippen molar-refractivity contribution < 1.29 is 19.1 Å². The summed E-state index contributed by atoms with van der Waals surface area (Å²) >= 11 is 3.41. The maximum atomic E-state index is 12.7. The Morgan fingerprint density at radius 3 is 2.46 bits per heavy atom. The molecule has 0 fully saturated rings. The van der Waals surface area contributed by atoms with Crippen molar-refractivity contribution in [1.29, 1.82) is 0 Å². The van der Waals surface area contributed by atoms with E-state index >= 15 is 0 Å². The van der Waals surface area contributed by atoms with Gasteiger partial charge in [0.05, 0.1) is 25.8 Å². The van der Waals surface area contributed by atoms with Crippen LogP contribution in [0.15, 0.2) is 82.4 Å². The van der Waals surface area contributed by atoms with Crippen molar-refractivity contribution in [2.45, 2.75) is 12.5 Å². The number of hydrogen-bond acceptors (Lipinski definition) is 5. The summed E-state index contributed by atoms with van der Waals surface area (Å²) < 4.78 is 11.7. The molecular formula is C27H24BrN3O4. The van der Waals surface area contributed by atoms with Crippen LogP contribution in [0.3, 0.4) is 0 Å². The van der Waals surface area contributed by atoms with Gasteiger partial charge in [0.2, 0.25) is 5.91 Å². The van der Waals surface area contributed by atoms with E-state index in [1.807, 2.05) is 36.4 Å². The Kier molecular flexibility index (Phi) is 9.46. The highest BCUT2D eigenvalue weighted by atomic mass is 79.9. The van der Waals surface area contributed by atoms with E-state index in [9.17, 15) is 9.59 Å². The van der Waals surface area contributed by atoms with E-state index in [4.69, 9.17) is 15.9 Å². The van der Waals surface area contributed by atoms with Crippen molar-refractivity contribution in [3.63, 3.8) is 0 Å². The van der Waals surface area contributed by atoms with E-state index in [1.165, 1.54) is 13.3 Å². The number of rotatable bonds is 10. The maximum Gasteiger partial charge on any atom is 0.251 e. The minimum absolute atomic E-state index is 0.0117. The van der Waals surface area contributed by atoms with E-state index in [0.717, 1.165) is 10.0 Å². The van der Waals surface area contributed by atoms with Gasteiger partial charge in [0.25, 0.3) is 5.91 Å². The van der Waals surface area contributed by atoms with Crippen LogP contribution < -0.4 is 20.2 Å². The Morgan fingerprint density at radius 1 is 1.11 bits per heavy atom. The summed E-state index contributed by atoms with van der Waals surface area (Å²) in [6.07, 6.45) is 6.74. The number of ether oxygens (including phenoxy) is 2. The Balaban J connectivity index is 1.73. The third-order valence-corrected chi connectivity index (χ3v) is 5.35. The van der Waals surface area contributed by atoms with E-state index in [0.29, 0.717) is 22.6 Å². The molecule has 2 N–H and O–H groups in total. The fraction of sp³-hybridized carbons (Fsp3) is 0.148. The highest BCUT2D eigenvalue weighted by Gasteiger charge is 2.19. The van der Waals surface area contributed by atoms with Crippen LogP contribution in [-0.2, 0) is 4.79 Å². The zero-order valence-corrected chi connectivity index (χ0v) is 20.6. The highest BCUT2D eigenvalue weighted by molar-refractivity contribution is 9.10. The molecule has 3 aromatic rings. The minimum Gasteiger partial charge on any atom is -0.493 e. The molecular weight excluding hydrogens is 510 g/mol. The molecule has 0 heterocycles. The monoisotopic (exact) mass is 533 g/mol. The average Bonchev–Trinajstić information content (AvgIpc) is 2.88. The van der Waals surface area contributed by atoms with Crippen LogP contribution in [0.4, 0.5) is 0 Å². The fourth-order valence-corrected chi connectivity index (χ4v) is 3.73. The number of nitrogens with zero attached hydrogens (tertiary/aromatic N) is 1. The molecule has 0 aliphatic rings. The molecule has 7 nitrogen and oxygen atoms in total. The number of methoxy groups -OCH3 is 1. The number of hydrazone groups is 1. The largest absolute Gasteiger partial charge is 0.493 e. The van der Waals surface area contributed by atoms with Crippen molar-refractivity contribution in [3.8, 4) is 23.8 Å². The van der Waals surface area contributed by atoms with Gasteiger partial charge in [0, 0.05) is 15.6 Å². The van der Waals surface area contributed by atoms with Crippen LogP contribution in [0.5, 0.6) is 11.5 Å². The molecule has 3 rings (SSSR count). The molecule has 1 atom stereocenters. The lowest BCUT2D eigenvalue weighted by molar-refractivity contribution is -0.121. The first kappa shape index (κ1) is 25.5. The predicted molar refractivity (Wildman–Crippen MR) is 138 cm³/mol. The quantitative estimate of drug-likeness (QED) is 0.228. The maximum absolute atomic E-state index is 12.7. The molecule has 0 saturated heterocycles. The summed E-state index contributed by atoms with van der Waals surface area (Å²) in [5.74, 6) is 2.63. The number of carbonyl (C=O) groups excluding carboxylic acids is 2. The summed E-state index contributed by atoms with van der Waals surface area (Å²) in [6.45, 7) is 0.0467. The van der Waals surface area contributed by atoms with Gasteiger partial charge < -0.3 is 14.8 Å². The number of hydrogen-bond donors (Lipinski definition) is 2. The van der Waals surface area contributed by atoms with Gasteiger partial charge in [0.1, 0.15) is 6.61 Å². The second-order valence-electron chi connectivity index (χ2n) is 7.32. The van der Waals surface area contributed by atoms with Gasteiger partial charge in [-0.2, -0.15) is 5.10 Å². The van der Waals surface area contributed by atoms with Crippen molar-refractivity contribution in [1.82, 2.24) is 10.7 Å². The predicted octanol–water partition coefficient (Wildman–Crippen LogP) is 4.48.